The third-order valence-corrected chi connectivity index (χ3v) is 4.38. The summed E-state index contributed by atoms with van der Waals surface area (Å²) >= 11 is 0. The van der Waals surface area contributed by atoms with E-state index in [1.165, 1.54) is 0 Å². The van der Waals surface area contributed by atoms with Crippen LogP contribution in [0.1, 0.15) is 24.2 Å². The van der Waals surface area contributed by atoms with E-state index in [4.69, 9.17) is 9.47 Å². The number of nitrogens with one attached hydrogen (secondary N) is 2. The molecule has 1 amide bonds. The SMILES string of the molecule is CC#Cc1cnc(Nc2ccc(C3CN(C=O)CCO3)cc2OC)nc1NC. The number of hydrogen-bond donors (Lipinski definition) is 2. The summed E-state index contributed by atoms with van der Waals surface area (Å²) in [5.41, 5.74) is 2.40. The lowest BCUT2D eigenvalue weighted by Gasteiger charge is -2.30. The van der Waals surface area contributed by atoms with Gasteiger partial charge in [-0.3, -0.25) is 4.79 Å². The molecule has 0 bridgehead atoms. The predicted molar refractivity (Wildman–Crippen MR) is 107 cm³/mol. The van der Waals surface area contributed by atoms with E-state index in [1.807, 2.05) is 18.2 Å². The Hall–Kier alpha value is -3.31. The predicted octanol–water partition coefficient (Wildman–Crippen LogP) is 2.17. The van der Waals surface area contributed by atoms with E-state index in [9.17, 15) is 4.79 Å². The lowest BCUT2D eigenvalue weighted by atomic mass is 10.1. The van der Waals surface area contributed by atoms with Gasteiger partial charge in [0.25, 0.3) is 0 Å². The summed E-state index contributed by atoms with van der Waals surface area (Å²) in [4.78, 5) is 21.5. The Kier molecular flexibility index (Phi) is 6.29. The average Bonchev–Trinajstić information content (AvgIpc) is 2.75. The summed E-state index contributed by atoms with van der Waals surface area (Å²) < 4.78 is 11.3. The van der Waals surface area contributed by atoms with Crippen molar-refractivity contribution in [2.45, 2.75) is 13.0 Å². The second kappa shape index (κ2) is 9.06. The number of morpholine rings is 1. The number of anilines is 3. The summed E-state index contributed by atoms with van der Waals surface area (Å²) in [5.74, 6) is 7.51. The molecule has 0 radical (unpaired) electrons. The van der Waals surface area contributed by atoms with E-state index in [0.717, 1.165) is 23.2 Å². The highest BCUT2D eigenvalue weighted by atomic mass is 16.5. The molecule has 2 heterocycles. The summed E-state index contributed by atoms with van der Waals surface area (Å²) in [6.45, 7) is 3.41. The molecule has 0 spiro atoms. The molecule has 8 nitrogen and oxygen atoms in total. The molecule has 28 heavy (non-hydrogen) atoms. The fraction of sp³-hybridized carbons (Fsp3) is 0.350. The Bertz CT molecular complexity index is 906. The summed E-state index contributed by atoms with van der Waals surface area (Å²) in [6.07, 6.45) is 2.34. The summed E-state index contributed by atoms with van der Waals surface area (Å²) in [7, 11) is 3.39. The lowest BCUT2D eigenvalue weighted by molar-refractivity contribution is -0.125. The fourth-order valence-corrected chi connectivity index (χ4v) is 2.96. The second-order valence-corrected chi connectivity index (χ2v) is 6.13. The fourth-order valence-electron chi connectivity index (χ4n) is 2.96. The van der Waals surface area contributed by atoms with Crippen molar-refractivity contribution < 1.29 is 14.3 Å². The molecular formula is C20H23N5O3. The number of rotatable bonds is 6. The normalized spacial score (nSPS) is 16.0. The van der Waals surface area contributed by atoms with E-state index in [0.29, 0.717) is 37.2 Å². The number of benzene rings is 1. The largest absolute Gasteiger partial charge is 0.495 e. The molecule has 2 aromatic rings. The number of nitrogens with zero attached hydrogens (tertiary/aromatic N) is 3. The number of methoxy groups -OCH3 is 1. The maximum atomic E-state index is 11.0. The van der Waals surface area contributed by atoms with Gasteiger partial charge in [0.15, 0.2) is 0 Å². The Labute approximate surface area is 164 Å². The lowest BCUT2D eigenvalue weighted by Crippen LogP contribution is -2.37. The molecule has 8 heteroatoms. The molecule has 1 saturated heterocycles. The standard InChI is InChI=1S/C20H23N5O3/c1-4-5-15-11-22-20(24-19(15)21-2)23-16-7-6-14(10-17(16)27-3)18-12-25(13-26)8-9-28-18/h6-7,10-11,13,18H,8-9,12H2,1-3H3,(H2,21,22,23,24). The van der Waals surface area contributed by atoms with Crippen LogP contribution in [0.4, 0.5) is 17.5 Å². The van der Waals surface area contributed by atoms with Crippen LogP contribution in [0.25, 0.3) is 0 Å². The van der Waals surface area contributed by atoms with Crippen LogP contribution in [0.3, 0.4) is 0 Å². The zero-order valence-corrected chi connectivity index (χ0v) is 16.2. The van der Waals surface area contributed by atoms with E-state index < -0.39 is 0 Å². The molecule has 1 atom stereocenters. The monoisotopic (exact) mass is 381 g/mol. The van der Waals surface area contributed by atoms with Gasteiger partial charge in [-0.15, -0.1) is 5.92 Å². The van der Waals surface area contributed by atoms with E-state index in [1.54, 1.807) is 32.2 Å². The van der Waals surface area contributed by atoms with Gasteiger partial charge in [0.05, 0.1) is 37.7 Å². The van der Waals surface area contributed by atoms with Crippen LogP contribution in [0.5, 0.6) is 5.75 Å². The summed E-state index contributed by atoms with van der Waals surface area (Å²) in [5, 5.41) is 6.20. The van der Waals surface area contributed by atoms with Crippen LogP contribution < -0.4 is 15.4 Å². The third kappa shape index (κ3) is 4.32. The number of carbonyl (C=O) groups excluding carboxylic acids is 1. The minimum atomic E-state index is -0.180. The number of carbonyl (C=O) groups is 1. The number of ether oxygens (including phenoxy) is 2. The molecule has 1 unspecified atom stereocenters. The maximum Gasteiger partial charge on any atom is 0.229 e. The molecule has 1 aromatic carbocycles. The number of amides is 1. The molecule has 1 aliphatic heterocycles. The minimum Gasteiger partial charge on any atom is -0.495 e. The van der Waals surface area contributed by atoms with Crippen molar-refractivity contribution in [1.29, 1.82) is 0 Å². The minimum absolute atomic E-state index is 0.180. The maximum absolute atomic E-state index is 11.0. The Morgan fingerprint density at radius 3 is 3.00 bits per heavy atom. The van der Waals surface area contributed by atoms with Gasteiger partial charge in [0.1, 0.15) is 17.7 Å². The van der Waals surface area contributed by atoms with E-state index in [2.05, 4.69) is 32.4 Å². The van der Waals surface area contributed by atoms with Crippen molar-refractivity contribution in [2.24, 2.45) is 0 Å². The average molecular weight is 381 g/mol. The van der Waals surface area contributed by atoms with Crippen molar-refractivity contribution in [1.82, 2.24) is 14.9 Å². The molecular weight excluding hydrogens is 358 g/mol. The third-order valence-electron chi connectivity index (χ3n) is 4.38. The molecule has 3 rings (SSSR count). The molecule has 1 aliphatic rings. The highest BCUT2D eigenvalue weighted by Crippen LogP contribution is 2.32. The van der Waals surface area contributed by atoms with Crippen molar-refractivity contribution in [3.05, 3.63) is 35.5 Å². The van der Waals surface area contributed by atoms with Crippen LogP contribution in [-0.2, 0) is 9.53 Å². The van der Waals surface area contributed by atoms with Crippen LogP contribution in [0.2, 0.25) is 0 Å². The van der Waals surface area contributed by atoms with Crippen molar-refractivity contribution in [2.75, 3.05) is 44.5 Å². The zero-order valence-electron chi connectivity index (χ0n) is 16.2. The van der Waals surface area contributed by atoms with Gasteiger partial charge in [-0.1, -0.05) is 12.0 Å². The highest BCUT2D eigenvalue weighted by Gasteiger charge is 2.22. The highest BCUT2D eigenvalue weighted by molar-refractivity contribution is 5.65. The first kappa shape index (κ1) is 19.5. The van der Waals surface area contributed by atoms with Gasteiger partial charge in [0.2, 0.25) is 12.4 Å². The molecule has 1 aromatic heterocycles. The summed E-state index contributed by atoms with van der Waals surface area (Å²) in [6, 6.07) is 5.73. The number of hydrogen-bond acceptors (Lipinski definition) is 7. The quantitative estimate of drug-likeness (QED) is 0.586. The van der Waals surface area contributed by atoms with Gasteiger partial charge in [-0.2, -0.15) is 4.98 Å². The van der Waals surface area contributed by atoms with Gasteiger partial charge in [-0.25, -0.2) is 4.98 Å². The first-order valence-corrected chi connectivity index (χ1v) is 8.92. The second-order valence-electron chi connectivity index (χ2n) is 6.13. The van der Waals surface area contributed by atoms with Crippen LogP contribution in [-0.4, -0.2) is 55.1 Å². The van der Waals surface area contributed by atoms with E-state index in [-0.39, 0.29) is 6.10 Å². The van der Waals surface area contributed by atoms with Gasteiger partial charge in [0, 0.05) is 13.6 Å². The molecule has 146 valence electrons. The van der Waals surface area contributed by atoms with Crippen LogP contribution >= 0.6 is 0 Å². The molecule has 2 N–H and O–H groups in total. The zero-order chi connectivity index (χ0) is 19.9. The van der Waals surface area contributed by atoms with Crippen molar-refractivity contribution >= 4 is 23.9 Å². The first-order valence-electron chi connectivity index (χ1n) is 8.92. The Balaban J connectivity index is 1.82. The molecule has 1 fully saturated rings. The Morgan fingerprint density at radius 2 is 2.29 bits per heavy atom. The van der Waals surface area contributed by atoms with Gasteiger partial charge >= 0.3 is 0 Å². The van der Waals surface area contributed by atoms with Gasteiger partial charge < -0.3 is 25.0 Å². The van der Waals surface area contributed by atoms with Gasteiger partial charge in [-0.05, 0) is 24.6 Å². The van der Waals surface area contributed by atoms with Crippen LogP contribution in [0.15, 0.2) is 24.4 Å². The van der Waals surface area contributed by atoms with Crippen LogP contribution in [0, 0.1) is 11.8 Å². The number of aromatic nitrogens is 2. The topological polar surface area (TPSA) is 88.6 Å². The smallest absolute Gasteiger partial charge is 0.229 e. The molecule has 0 saturated carbocycles. The van der Waals surface area contributed by atoms with Crippen molar-refractivity contribution in [3.63, 3.8) is 0 Å². The van der Waals surface area contributed by atoms with Crippen molar-refractivity contribution in [3.8, 4) is 17.6 Å². The molecule has 0 aliphatic carbocycles. The first-order chi connectivity index (χ1) is 13.7. The van der Waals surface area contributed by atoms with E-state index >= 15 is 0 Å². The Morgan fingerprint density at radius 1 is 1.43 bits per heavy atom.